The van der Waals surface area contributed by atoms with Crippen LogP contribution in [-0.4, -0.2) is 34.4 Å². The second kappa shape index (κ2) is 5.98. The highest BCUT2D eigenvalue weighted by Crippen LogP contribution is 2.32. The monoisotopic (exact) mass is 297 g/mol. The molecule has 0 unspecified atom stereocenters. The number of nitrogens with zero attached hydrogens (tertiary/aromatic N) is 1. The summed E-state index contributed by atoms with van der Waals surface area (Å²) in [4.78, 5) is 16.0. The minimum Gasteiger partial charge on any atom is -0.491 e. The topological polar surface area (TPSA) is 79.7 Å². The van der Waals surface area contributed by atoms with Gasteiger partial charge in [0.25, 0.3) is 0 Å². The average molecular weight is 297 g/mol. The molecule has 0 bridgehead atoms. The van der Waals surface area contributed by atoms with E-state index >= 15 is 0 Å². The number of carboxylic acid groups (broad SMARTS) is 1. The third kappa shape index (κ3) is 2.94. The zero-order chi connectivity index (χ0) is 14.7. The highest BCUT2D eigenvalue weighted by molar-refractivity contribution is 7.14. The van der Waals surface area contributed by atoms with Crippen molar-refractivity contribution in [1.82, 2.24) is 4.98 Å². The van der Waals surface area contributed by atoms with Crippen LogP contribution in [0, 0.1) is 12.7 Å². The highest BCUT2D eigenvalue weighted by Gasteiger charge is 2.19. The summed E-state index contributed by atoms with van der Waals surface area (Å²) in [5.74, 6) is -2.05. The van der Waals surface area contributed by atoms with Gasteiger partial charge in [-0.15, -0.1) is 11.3 Å². The standard InChI is InChI=1S/C13H12FNO4S/c1-7-6-15-12(20-7)9-4-8(19-3-2-16)5-10(11(9)14)13(17)18/h4-6,16H,2-3H2,1H3,(H,17,18). The molecular formula is C13H12FNO4S. The number of carboxylic acids is 1. The maximum atomic E-state index is 14.2. The number of hydrogen-bond donors (Lipinski definition) is 2. The fourth-order valence-electron chi connectivity index (χ4n) is 1.64. The number of aliphatic hydroxyl groups excluding tert-OH is 1. The molecule has 1 heterocycles. The molecule has 7 heteroatoms. The fourth-order valence-corrected chi connectivity index (χ4v) is 2.41. The summed E-state index contributed by atoms with van der Waals surface area (Å²) in [6.45, 7) is 1.61. The van der Waals surface area contributed by atoms with E-state index in [-0.39, 0.29) is 24.5 Å². The number of hydrogen-bond acceptors (Lipinski definition) is 5. The van der Waals surface area contributed by atoms with Crippen molar-refractivity contribution in [1.29, 1.82) is 0 Å². The normalized spacial score (nSPS) is 10.6. The first-order valence-corrected chi connectivity index (χ1v) is 6.58. The first-order valence-electron chi connectivity index (χ1n) is 5.76. The predicted molar refractivity (Wildman–Crippen MR) is 71.8 cm³/mol. The Morgan fingerprint density at radius 2 is 2.25 bits per heavy atom. The number of carbonyl (C=O) groups is 1. The van der Waals surface area contributed by atoms with Gasteiger partial charge in [-0.1, -0.05) is 0 Å². The van der Waals surface area contributed by atoms with Crippen LogP contribution in [0.3, 0.4) is 0 Å². The van der Waals surface area contributed by atoms with Crippen LogP contribution < -0.4 is 4.74 Å². The number of aromatic nitrogens is 1. The molecule has 0 saturated carbocycles. The van der Waals surface area contributed by atoms with Gasteiger partial charge in [-0.25, -0.2) is 14.2 Å². The molecule has 0 atom stereocenters. The van der Waals surface area contributed by atoms with Crippen LogP contribution in [0.1, 0.15) is 15.2 Å². The fraction of sp³-hybridized carbons (Fsp3) is 0.231. The Balaban J connectivity index is 2.53. The van der Waals surface area contributed by atoms with Crippen LogP contribution in [0.2, 0.25) is 0 Å². The van der Waals surface area contributed by atoms with E-state index in [0.717, 1.165) is 10.9 Å². The number of halogens is 1. The van der Waals surface area contributed by atoms with Crippen molar-refractivity contribution in [3.8, 4) is 16.3 Å². The number of aliphatic hydroxyl groups is 1. The smallest absolute Gasteiger partial charge is 0.338 e. The van der Waals surface area contributed by atoms with Crippen molar-refractivity contribution in [2.75, 3.05) is 13.2 Å². The number of benzene rings is 1. The molecule has 106 valence electrons. The molecule has 1 aromatic carbocycles. The largest absolute Gasteiger partial charge is 0.491 e. The molecule has 0 aliphatic heterocycles. The van der Waals surface area contributed by atoms with Gasteiger partial charge in [0.15, 0.2) is 0 Å². The SMILES string of the molecule is Cc1cnc(-c2cc(OCCO)cc(C(=O)O)c2F)s1. The molecular weight excluding hydrogens is 285 g/mol. The third-order valence-corrected chi connectivity index (χ3v) is 3.43. The lowest BCUT2D eigenvalue weighted by molar-refractivity contribution is 0.0691. The van der Waals surface area contributed by atoms with E-state index in [9.17, 15) is 9.18 Å². The van der Waals surface area contributed by atoms with Crippen LogP contribution >= 0.6 is 11.3 Å². The third-order valence-electron chi connectivity index (χ3n) is 2.49. The van der Waals surface area contributed by atoms with E-state index in [0.29, 0.717) is 5.01 Å². The van der Waals surface area contributed by atoms with Crippen LogP contribution in [0.25, 0.3) is 10.6 Å². The molecule has 20 heavy (non-hydrogen) atoms. The van der Waals surface area contributed by atoms with Crippen molar-refractivity contribution in [3.05, 3.63) is 34.6 Å². The Bertz CT molecular complexity index is 641. The number of rotatable bonds is 5. The van der Waals surface area contributed by atoms with E-state index < -0.39 is 17.3 Å². The van der Waals surface area contributed by atoms with Crippen molar-refractivity contribution in [2.24, 2.45) is 0 Å². The van der Waals surface area contributed by atoms with Crippen LogP contribution in [0.5, 0.6) is 5.75 Å². The summed E-state index contributed by atoms with van der Waals surface area (Å²) in [6, 6.07) is 2.48. The molecule has 2 rings (SSSR count). The predicted octanol–water partition coefficient (Wildman–Crippen LogP) is 2.33. The summed E-state index contributed by atoms with van der Waals surface area (Å²) < 4.78 is 19.4. The van der Waals surface area contributed by atoms with E-state index in [2.05, 4.69) is 4.98 Å². The Kier molecular flexibility index (Phi) is 4.31. The van der Waals surface area contributed by atoms with Gasteiger partial charge in [0, 0.05) is 11.1 Å². The van der Waals surface area contributed by atoms with Crippen LogP contribution in [-0.2, 0) is 0 Å². The van der Waals surface area contributed by atoms with Gasteiger partial charge in [-0.05, 0) is 19.1 Å². The molecule has 2 aromatic rings. The van der Waals surface area contributed by atoms with E-state index in [1.54, 1.807) is 6.20 Å². The Morgan fingerprint density at radius 3 is 2.80 bits per heavy atom. The van der Waals surface area contributed by atoms with Crippen LogP contribution in [0.15, 0.2) is 18.3 Å². The summed E-state index contributed by atoms with van der Waals surface area (Å²) >= 11 is 1.26. The van der Waals surface area contributed by atoms with Gasteiger partial charge in [0.2, 0.25) is 0 Å². The molecule has 0 radical (unpaired) electrons. The summed E-state index contributed by atoms with van der Waals surface area (Å²) in [7, 11) is 0. The zero-order valence-electron chi connectivity index (χ0n) is 10.6. The van der Waals surface area contributed by atoms with E-state index in [1.807, 2.05) is 6.92 Å². The minimum absolute atomic E-state index is 0.00102. The Morgan fingerprint density at radius 1 is 1.50 bits per heavy atom. The Labute approximate surface area is 118 Å². The minimum atomic E-state index is -1.38. The van der Waals surface area contributed by atoms with Gasteiger partial charge < -0.3 is 14.9 Å². The first-order chi connectivity index (χ1) is 9.52. The molecule has 0 saturated heterocycles. The van der Waals surface area contributed by atoms with Crippen LogP contribution in [0.4, 0.5) is 4.39 Å². The maximum Gasteiger partial charge on any atom is 0.338 e. The van der Waals surface area contributed by atoms with Gasteiger partial charge >= 0.3 is 5.97 Å². The first kappa shape index (κ1) is 14.4. The second-order valence-corrected chi connectivity index (χ2v) is 5.22. The van der Waals surface area contributed by atoms with E-state index in [4.69, 9.17) is 14.9 Å². The summed E-state index contributed by atoms with van der Waals surface area (Å²) in [6.07, 6.45) is 1.58. The highest BCUT2D eigenvalue weighted by atomic mass is 32.1. The molecule has 2 N–H and O–H groups in total. The molecule has 0 fully saturated rings. The number of ether oxygens (including phenoxy) is 1. The van der Waals surface area contributed by atoms with E-state index in [1.165, 1.54) is 17.4 Å². The molecule has 0 spiro atoms. The van der Waals surface area contributed by atoms with Crippen molar-refractivity contribution >= 4 is 17.3 Å². The zero-order valence-corrected chi connectivity index (χ0v) is 11.4. The Hall–Kier alpha value is -1.99. The van der Waals surface area contributed by atoms with Gasteiger partial charge in [-0.3, -0.25) is 0 Å². The van der Waals surface area contributed by atoms with Crippen molar-refractivity contribution in [3.63, 3.8) is 0 Å². The van der Waals surface area contributed by atoms with Crippen molar-refractivity contribution in [2.45, 2.75) is 6.92 Å². The average Bonchev–Trinajstić information content (AvgIpc) is 2.83. The lowest BCUT2D eigenvalue weighted by atomic mass is 10.1. The lowest BCUT2D eigenvalue weighted by Crippen LogP contribution is -2.06. The number of aryl methyl sites for hydroxylation is 1. The number of thiazole rings is 1. The van der Waals surface area contributed by atoms with Crippen molar-refractivity contribution < 1.29 is 24.1 Å². The summed E-state index contributed by atoms with van der Waals surface area (Å²) in [5.41, 5.74) is -0.403. The molecule has 0 aliphatic rings. The van der Waals surface area contributed by atoms with Gasteiger partial charge in [0.05, 0.1) is 17.7 Å². The van der Waals surface area contributed by atoms with Gasteiger partial charge in [0.1, 0.15) is 23.2 Å². The number of aromatic carboxylic acids is 1. The van der Waals surface area contributed by atoms with Gasteiger partial charge in [-0.2, -0.15) is 0 Å². The maximum absolute atomic E-state index is 14.2. The lowest BCUT2D eigenvalue weighted by Gasteiger charge is -2.09. The summed E-state index contributed by atoms with van der Waals surface area (Å²) in [5, 5.41) is 18.1. The molecule has 1 aromatic heterocycles. The molecule has 0 amide bonds. The molecule has 5 nitrogen and oxygen atoms in total. The quantitative estimate of drug-likeness (QED) is 0.885. The molecule has 0 aliphatic carbocycles. The second-order valence-electron chi connectivity index (χ2n) is 3.99.